The van der Waals surface area contributed by atoms with E-state index < -0.39 is 0 Å². The van der Waals surface area contributed by atoms with Gasteiger partial charge in [0.15, 0.2) is 0 Å². The van der Waals surface area contributed by atoms with Gasteiger partial charge in [0.25, 0.3) is 0 Å². The Morgan fingerprint density at radius 3 is 2.82 bits per heavy atom. The van der Waals surface area contributed by atoms with Gasteiger partial charge in [-0.15, -0.1) is 11.3 Å². The Balaban J connectivity index is 2.02. The molecule has 0 saturated heterocycles. The minimum atomic E-state index is -0.300. The summed E-state index contributed by atoms with van der Waals surface area (Å²) in [4.78, 5) is 15.8. The largest absolute Gasteiger partial charge is 0.489 e. The first-order valence-electron chi connectivity index (χ1n) is 8.66. The third-order valence-electron chi connectivity index (χ3n) is 3.26. The number of thiazole rings is 1. The second-order valence-electron chi connectivity index (χ2n) is 5.39. The van der Waals surface area contributed by atoms with Crippen LogP contribution in [0.3, 0.4) is 0 Å². The molecule has 0 amide bonds. The number of rotatable bonds is 12. The van der Waals surface area contributed by atoms with E-state index in [-0.39, 0.29) is 12.4 Å². The molecule has 1 aromatic carbocycles. The van der Waals surface area contributed by atoms with Crippen molar-refractivity contribution in [3.8, 4) is 11.5 Å². The van der Waals surface area contributed by atoms with Crippen LogP contribution < -0.4 is 14.9 Å². The number of hydrogen-bond acceptors (Lipinski definition) is 8. The third-order valence-corrected chi connectivity index (χ3v) is 4.05. The molecule has 0 atom stereocenters. The van der Waals surface area contributed by atoms with Crippen molar-refractivity contribution in [3.63, 3.8) is 0 Å². The van der Waals surface area contributed by atoms with Crippen LogP contribution in [0.4, 0.5) is 5.13 Å². The van der Waals surface area contributed by atoms with Gasteiger partial charge in [0, 0.05) is 17.0 Å². The lowest BCUT2D eigenvalue weighted by atomic mass is 10.2. The number of esters is 1. The van der Waals surface area contributed by atoms with Gasteiger partial charge in [-0.2, -0.15) is 5.10 Å². The second kappa shape index (κ2) is 11.6. The lowest BCUT2D eigenvalue weighted by Crippen LogP contribution is -2.07. The highest BCUT2D eigenvalue weighted by Gasteiger charge is 2.08. The number of ether oxygens (including phenoxy) is 3. The molecule has 2 rings (SSSR count). The number of nitrogens with one attached hydrogen (secondary N) is 1. The maximum Gasteiger partial charge on any atom is 0.311 e. The molecule has 148 valence electrons. The summed E-state index contributed by atoms with van der Waals surface area (Å²) >= 11 is 1.36. The number of hydrazone groups is 1. The zero-order valence-corrected chi connectivity index (χ0v) is 16.5. The third kappa shape index (κ3) is 6.88. The summed E-state index contributed by atoms with van der Waals surface area (Å²) in [7, 11) is 0. The average Bonchev–Trinajstić information content (AvgIpc) is 3.13. The number of carbonyl (C=O) groups is 1. The molecular weight excluding hydrogens is 378 g/mol. The summed E-state index contributed by atoms with van der Waals surface area (Å²) in [5.41, 5.74) is 4.26. The Bertz CT molecular complexity index is 833. The van der Waals surface area contributed by atoms with Gasteiger partial charge in [-0.25, -0.2) is 4.98 Å². The standard InChI is InChI=1S/C20H23N3O4S/c1-4-9-26-17-8-7-15(18(12-17)27-10-5-2)13-21-23-20-22-16(14-28-20)11-19(24)25-6-3/h4-5,7-8,12-14H,1-2,6,9-11H2,3H3,(H,22,23). The topological polar surface area (TPSA) is 82.0 Å². The van der Waals surface area contributed by atoms with Crippen molar-refractivity contribution in [3.05, 3.63) is 60.1 Å². The Kier molecular flexibility index (Phi) is 8.74. The summed E-state index contributed by atoms with van der Waals surface area (Å²) in [6.45, 7) is 10.2. The maximum atomic E-state index is 11.5. The molecule has 0 fully saturated rings. The molecule has 8 heteroatoms. The fourth-order valence-corrected chi connectivity index (χ4v) is 2.76. The fourth-order valence-electron chi connectivity index (χ4n) is 2.10. The van der Waals surface area contributed by atoms with Crippen molar-refractivity contribution in [1.29, 1.82) is 0 Å². The quantitative estimate of drug-likeness (QED) is 0.252. The molecule has 1 N–H and O–H groups in total. The SMILES string of the molecule is C=CCOc1ccc(C=NNc2nc(CC(=O)OCC)cs2)c(OCC=C)c1. The van der Waals surface area contributed by atoms with Crippen LogP contribution in [-0.2, 0) is 16.0 Å². The van der Waals surface area contributed by atoms with E-state index in [1.807, 2.05) is 12.1 Å². The summed E-state index contributed by atoms with van der Waals surface area (Å²) in [5, 5.41) is 6.56. The van der Waals surface area contributed by atoms with Gasteiger partial charge < -0.3 is 14.2 Å². The van der Waals surface area contributed by atoms with Gasteiger partial charge in [0.05, 0.1) is 24.9 Å². The summed E-state index contributed by atoms with van der Waals surface area (Å²) in [6.07, 6.45) is 5.11. The lowest BCUT2D eigenvalue weighted by Gasteiger charge is -2.10. The Labute approximate surface area is 168 Å². The van der Waals surface area contributed by atoms with Crippen molar-refractivity contribution in [2.75, 3.05) is 25.2 Å². The molecule has 7 nitrogen and oxygen atoms in total. The van der Waals surface area contributed by atoms with Gasteiger partial charge in [-0.3, -0.25) is 10.2 Å². The van der Waals surface area contributed by atoms with E-state index in [4.69, 9.17) is 14.2 Å². The van der Waals surface area contributed by atoms with Crippen LogP contribution in [0.1, 0.15) is 18.2 Å². The number of carbonyl (C=O) groups excluding carboxylic acids is 1. The van der Waals surface area contributed by atoms with Crippen LogP contribution in [0, 0.1) is 0 Å². The van der Waals surface area contributed by atoms with Crippen molar-refractivity contribution in [2.24, 2.45) is 5.10 Å². The summed E-state index contributed by atoms with van der Waals surface area (Å²) in [5.74, 6) is 0.993. The molecule has 0 bridgehead atoms. The van der Waals surface area contributed by atoms with Gasteiger partial charge in [-0.1, -0.05) is 25.3 Å². The number of aromatic nitrogens is 1. The highest BCUT2D eigenvalue weighted by molar-refractivity contribution is 7.13. The number of hydrogen-bond donors (Lipinski definition) is 1. The van der Waals surface area contributed by atoms with Crippen LogP contribution in [-0.4, -0.2) is 37.0 Å². The molecular formula is C20H23N3O4S. The summed E-state index contributed by atoms with van der Waals surface area (Å²) < 4.78 is 16.1. The van der Waals surface area contributed by atoms with E-state index in [2.05, 4.69) is 28.7 Å². The molecule has 2 aromatic rings. The Hall–Kier alpha value is -3.13. The van der Waals surface area contributed by atoms with Gasteiger partial charge in [0.1, 0.15) is 24.7 Å². The molecule has 1 aromatic heterocycles. The normalized spacial score (nSPS) is 10.5. The summed E-state index contributed by atoms with van der Waals surface area (Å²) in [6, 6.07) is 5.46. The molecule has 0 aliphatic rings. The predicted molar refractivity (Wildman–Crippen MR) is 111 cm³/mol. The van der Waals surface area contributed by atoms with Crippen LogP contribution in [0.5, 0.6) is 11.5 Å². The lowest BCUT2D eigenvalue weighted by molar-refractivity contribution is -0.142. The highest BCUT2D eigenvalue weighted by atomic mass is 32.1. The first-order valence-corrected chi connectivity index (χ1v) is 9.54. The predicted octanol–water partition coefficient (Wildman–Crippen LogP) is 3.82. The van der Waals surface area contributed by atoms with Gasteiger partial charge >= 0.3 is 5.97 Å². The molecule has 1 heterocycles. The van der Waals surface area contributed by atoms with E-state index in [0.29, 0.717) is 42.1 Å². The molecule has 28 heavy (non-hydrogen) atoms. The zero-order chi connectivity index (χ0) is 20.2. The minimum Gasteiger partial charge on any atom is -0.489 e. The van der Waals surface area contributed by atoms with Crippen LogP contribution >= 0.6 is 11.3 Å². The molecule has 0 aliphatic carbocycles. The van der Waals surface area contributed by atoms with E-state index in [1.165, 1.54) is 11.3 Å². The monoisotopic (exact) mass is 401 g/mol. The Morgan fingerprint density at radius 2 is 2.07 bits per heavy atom. The van der Waals surface area contributed by atoms with Gasteiger partial charge in [-0.05, 0) is 19.1 Å². The van der Waals surface area contributed by atoms with Crippen molar-refractivity contribution < 1.29 is 19.0 Å². The fraction of sp³-hybridized carbons (Fsp3) is 0.250. The molecule has 0 aliphatic heterocycles. The molecule has 0 spiro atoms. The van der Waals surface area contributed by atoms with Crippen LogP contribution in [0.25, 0.3) is 0 Å². The van der Waals surface area contributed by atoms with Crippen molar-refractivity contribution in [1.82, 2.24) is 4.98 Å². The van der Waals surface area contributed by atoms with E-state index >= 15 is 0 Å². The molecule has 0 unspecified atom stereocenters. The first kappa shape index (κ1) is 21.2. The zero-order valence-electron chi connectivity index (χ0n) is 15.7. The van der Waals surface area contributed by atoms with E-state index in [1.54, 1.807) is 36.7 Å². The smallest absolute Gasteiger partial charge is 0.311 e. The van der Waals surface area contributed by atoms with E-state index in [9.17, 15) is 4.79 Å². The van der Waals surface area contributed by atoms with Crippen LogP contribution in [0.2, 0.25) is 0 Å². The minimum absolute atomic E-state index is 0.140. The van der Waals surface area contributed by atoms with Crippen LogP contribution in [0.15, 0.2) is 54.0 Å². The maximum absolute atomic E-state index is 11.5. The molecule has 0 saturated carbocycles. The van der Waals surface area contributed by atoms with Gasteiger partial charge in [0.2, 0.25) is 5.13 Å². The Morgan fingerprint density at radius 1 is 1.29 bits per heavy atom. The second-order valence-corrected chi connectivity index (χ2v) is 6.25. The number of anilines is 1. The van der Waals surface area contributed by atoms with Crippen molar-refractivity contribution >= 4 is 28.7 Å². The van der Waals surface area contributed by atoms with Crippen molar-refractivity contribution in [2.45, 2.75) is 13.3 Å². The number of benzene rings is 1. The van der Waals surface area contributed by atoms with E-state index in [0.717, 1.165) is 5.56 Å². The number of nitrogens with zero attached hydrogens (tertiary/aromatic N) is 2. The first-order chi connectivity index (χ1) is 13.7. The highest BCUT2D eigenvalue weighted by Crippen LogP contribution is 2.24. The molecule has 0 radical (unpaired) electrons. The average molecular weight is 401 g/mol.